The van der Waals surface area contributed by atoms with Crippen LogP contribution in [-0.2, 0) is 6.54 Å². The van der Waals surface area contributed by atoms with E-state index in [0.717, 1.165) is 10.0 Å². The number of aliphatic hydroxyl groups excluding tert-OH is 2. The fourth-order valence-electron chi connectivity index (χ4n) is 3.75. The van der Waals surface area contributed by atoms with Gasteiger partial charge in [0.1, 0.15) is 17.8 Å². The van der Waals surface area contributed by atoms with Crippen molar-refractivity contribution in [3.8, 4) is 0 Å². The molecule has 0 bridgehead atoms. The molecule has 0 radical (unpaired) electrons. The number of aliphatic hydroxyl groups is 2. The van der Waals surface area contributed by atoms with Gasteiger partial charge in [0.05, 0.1) is 18.2 Å². The summed E-state index contributed by atoms with van der Waals surface area (Å²) in [6.07, 6.45) is 5.15. The van der Waals surface area contributed by atoms with E-state index in [0.29, 0.717) is 36.5 Å². The lowest BCUT2D eigenvalue weighted by Crippen LogP contribution is -2.20. The first-order valence-corrected chi connectivity index (χ1v) is 10.5. The monoisotopic (exact) mass is 471 g/mol. The van der Waals surface area contributed by atoms with E-state index in [4.69, 9.17) is 0 Å². The van der Waals surface area contributed by atoms with Crippen LogP contribution in [0.25, 0.3) is 0 Å². The molecular weight excluding hydrogens is 450 g/mol. The van der Waals surface area contributed by atoms with Crippen LogP contribution in [0, 0.1) is 5.92 Å². The zero-order valence-electron chi connectivity index (χ0n) is 16.1. The molecule has 0 amide bonds. The quantitative estimate of drug-likeness (QED) is 0.452. The fraction of sp³-hybridized carbons (Fsp3) is 0.333. The van der Waals surface area contributed by atoms with Gasteiger partial charge in [0.2, 0.25) is 5.78 Å². The van der Waals surface area contributed by atoms with Crippen LogP contribution in [0.4, 0.5) is 5.82 Å². The summed E-state index contributed by atoms with van der Waals surface area (Å²) in [7, 11) is 0. The van der Waals surface area contributed by atoms with E-state index < -0.39 is 6.10 Å². The molecule has 0 aliphatic heterocycles. The Kier molecular flexibility index (Phi) is 6.21. The molecule has 3 N–H and O–H groups in total. The summed E-state index contributed by atoms with van der Waals surface area (Å²) in [4.78, 5) is 21.3. The Balaban J connectivity index is 1.50. The van der Waals surface area contributed by atoms with Gasteiger partial charge in [-0.05, 0) is 36.6 Å². The molecule has 30 heavy (non-hydrogen) atoms. The zero-order chi connectivity index (χ0) is 21.1. The topological polar surface area (TPSA) is 113 Å². The summed E-state index contributed by atoms with van der Waals surface area (Å²) < 4.78 is 2.70. The van der Waals surface area contributed by atoms with Crippen molar-refractivity contribution in [2.75, 3.05) is 11.9 Å². The second kappa shape index (κ2) is 9.03. The second-order valence-corrected chi connectivity index (χ2v) is 8.38. The summed E-state index contributed by atoms with van der Waals surface area (Å²) in [5.41, 5.74) is 1.70. The van der Waals surface area contributed by atoms with Gasteiger partial charge in [0.25, 0.3) is 0 Å². The van der Waals surface area contributed by atoms with E-state index in [9.17, 15) is 15.0 Å². The highest BCUT2D eigenvalue weighted by Crippen LogP contribution is 2.29. The van der Waals surface area contributed by atoms with Crippen molar-refractivity contribution >= 4 is 27.5 Å². The van der Waals surface area contributed by atoms with Gasteiger partial charge in [0, 0.05) is 35.4 Å². The zero-order valence-corrected chi connectivity index (χ0v) is 17.7. The van der Waals surface area contributed by atoms with Crippen LogP contribution in [0.3, 0.4) is 0 Å². The molecule has 2 heterocycles. The third-order valence-electron chi connectivity index (χ3n) is 5.30. The van der Waals surface area contributed by atoms with Crippen LogP contribution in [-0.4, -0.2) is 54.5 Å². The van der Waals surface area contributed by atoms with Gasteiger partial charge < -0.3 is 15.5 Å². The van der Waals surface area contributed by atoms with Crippen molar-refractivity contribution < 1.29 is 15.0 Å². The Morgan fingerprint density at radius 1 is 1.30 bits per heavy atom. The summed E-state index contributed by atoms with van der Waals surface area (Å²) >= 11 is 3.46. The third kappa shape index (κ3) is 4.58. The van der Waals surface area contributed by atoms with Gasteiger partial charge in [-0.3, -0.25) is 9.48 Å². The molecule has 1 aliphatic carbocycles. The highest BCUT2D eigenvalue weighted by Gasteiger charge is 2.33. The number of nitrogens with one attached hydrogen (secondary N) is 1. The molecule has 0 unspecified atom stereocenters. The molecule has 156 valence electrons. The Morgan fingerprint density at radius 2 is 2.17 bits per heavy atom. The Bertz CT molecular complexity index is 1040. The van der Waals surface area contributed by atoms with Crippen molar-refractivity contribution in [2.24, 2.45) is 5.92 Å². The standard InChI is InChI=1S/C21H22BrN5O3/c22-15-3-1-2-13(6-15)10-27-5-4-18(26-27)20(30)17-9-23-12-24-21(17)25-16-7-14(11-28)19(29)8-16/h1-6,9,12,14,16,19,28-29H,7-8,10-11H2,(H,23,24,25)/t14-,16+,19-/m0/s1. The van der Waals surface area contributed by atoms with Crippen LogP contribution in [0.15, 0.2) is 53.5 Å². The molecular formula is C21H22BrN5O3. The first-order chi connectivity index (χ1) is 14.5. The Labute approximate surface area is 182 Å². The molecule has 1 fully saturated rings. The molecule has 3 atom stereocenters. The van der Waals surface area contributed by atoms with Gasteiger partial charge in [0.15, 0.2) is 0 Å². The number of benzene rings is 1. The molecule has 9 heteroatoms. The van der Waals surface area contributed by atoms with Crippen molar-refractivity contribution in [3.05, 3.63) is 70.3 Å². The van der Waals surface area contributed by atoms with E-state index >= 15 is 0 Å². The molecule has 1 aliphatic rings. The molecule has 2 aromatic heterocycles. The highest BCUT2D eigenvalue weighted by atomic mass is 79.9. The maximum atomic E-state index is 13.1. The van der Waals surface area contributed by atoms with Crippen molar-refractivity contribution in [3.63, 3.8) is 0 Å². The molecule has 1 aromatic carbocycles. The minimum absolute atomic E-state index is 0.0651. The normalized spacial score (nSPS) is 21.0. The summed E-state index contributed by atoms with van der Waals surface area (Å²) in [6, 6.07) is 9.51. The van der Waals surface area contributed by atoms with Crippen LogP contribution in [0.1, 0.15) is 34.5 Å². The molecule has 3 aromatic rings. The lowest BCUT2D eigenvalue weighted by Gasteiger charge is -2.15. The SMILES string of the molecule is O=C(c1ccn(Cc2cccc(Br)c2)n1)c1cncnc1N[C@@H]1C[C@@H](CO)[C@@H](O)C1. The van der Waals surface area contributed by atoms with E-state index in [1.54, 1.807) is 16.9 Å². The van der Waals surface area contributed by atoms with Gasteiger partial charge in [-0.2, -0.15) is 5.10 Å². The summed E-state index contributed by atoms with van der Waals surface area (Å²) in [5, 5.41) is 27.0. The lowest BCUT2D eigenvalue weighted by atomic mass is 10.1. The van der Waals surface area contributed by atoms with E-state index in [2.05, 4.69) is 36.3 Å². The number of carbonyl (C=O) groups is 1. The maximum absolute atomic E-state index is 13.1. The number of rotatable bonds is 7. The second-order valence-electron chi connectivity index (χ2n) is 7.47. The minimum Gasteiger partial charge on any atom is -0.396 e. The summed E-state index contributed by atoms with van der Waals surface area (Å²) in [5.74, 6) is -0.0344. The maximum Gasteiger partial charge on any atom is 0.218 e. The average molecular weight is 472 g/mol. The van der Waals surface area contributed by atoms with Gasteiger partial charge in [-0.15, -0.1) is 0 Å². The fourth-order valence-corrected chi connectivity index (χ4v) is 4.20. The molecule has 8 nitrogen and oxygen atoms in total. The van der Waals surface area contributed by atoms with Crippen molar-refractivity contribution in [1.82, 2.24) is 19.7 Å². The van der Waals surface area contributed by atoms with Crippen molar-refractivity contribution in [2.45, 2.75) is 31.5 Å². The van der Waals surface area contributed by atoms with Crippen molar-refractivity contribution in [1.29, 1.82) is 0 Å². The average Bonchev–Trinajstić information content (AvgIpc) is 3.34. The summed E-state index contributed by atoms with van der Waals surface area (Å²) in [6.45, 7) is 0.482. The van der Waals surface area contributed by atoms with E-state index in [1.807, 2.05) is 24.3 Å². The van der Waals surface area contributed by atoms with Crippen LogP contribution >= 0.6 is 15.9 Å². The first kappa shape index (κ1) is 20.6. The molecule has 1 saturated carbocycles. The highest BCUT2D eigenvalue weighted by molar-refractivity contribution is 9.10. The Hall–Kier alpha value is -2.62. The van der Waals surface area contributed by atoms with Gasteiger partial charge in [-0.25, -0.2) is 9.97 Å². The first-order valence-electron chi connectivity index (χ1n) is 9.71. The number of hydrogen-bond acceptors (Lipinski definition) is 7. The van der Waals surface area contributed by atoms with Crippen LogP contribution in [0.2, 0.25) is 0 Å². The molecule has 4 rings (SSSR count). The van der Waals surface area contributed by atoms with Gasteiger partial charge in [-0.1, -0.05) is 28.1 Å². The number of halogens is 1. The van der Waals surface area contributed by atoms with Crippen LogP contribution < -0.4 is 5.32 Å². The molecule has 0 saturated heterocycles. The predicted molar refractivity (Wildman–Crippen MR) is 114 cm³/mol. The number of aromatic nitrogens is 4. The third-order valence-corrected chi connectivity index (χ3v) is 5.79. The number of carbonyl (C=O) groups excluding carboxylic acids is 1. The minimum atomic E-state index is -0.567. The van der Waals surface area contributed by atoms with E-state index in [-0.39, 0.29) is 24.3 Å². The number of nitrogens with zero attached hydrogens (tertiary/aromatic N) is 4. The number of anilines is 1. The Morgan fingerprint density at radius 3 is 2.93 bits per heavy atom. The van der Waals surface area contributed by atoms with E-state index in [1.165, 1.54) is 12.5 Å². The number of ketones is 1. The molecule has 0 spiro atoms. The smallest absolute Gasteiger partial charge is 0.218 e. The van der Waals surface area contributed by atoms with Gasteiger partial charge >= 0.3 is 0 Å². The largest absolute Gasteiger partial charge is 0.396 e. The lowest BCUT2D eigenvalue weighted by molar-refractivity contribution is 0.0908. The number of hydrogen-bond donors (Lipinski definition) is 3. The van der Waals surface area contributed by atoms with Crippen LogP contribution in [0.5, 0.6) is 0 Å². The predicted octanol–water partition coefficient (Wildman–Crippen LogP) is 2.26.